The molecular weight excluding hydrogens is 304 g/mol. The minimum atomic E-state index is -3.53. The van der Waals surface area contributed by atoms with Crippen molar-refractivity contribution in [3.8, 4) is 0 Å². The largest absolute Gasteiger partial charge is 0.398 e. The Balaban J connectivity index is 2.06. The number of nitrogens with two attached hydrogens (primary N) is 1. The molecule has 0 aliphatic carbocycles. The number of hydrogen-bond donors (Lipinski definition) is 1. The van der Waals surface area contributed by atoms with Gasteiger partial charge in [-0.1, -0.05) is 6.07 Å². The Morgan fingerprint density at radius 3 is 2.86 bits per heavy atom. The highest BCUT2D eigenvalue weighted by Gasteiger charge is 2.35. The average Bonchev–Trinajstić information content (AvgIpc) is 2.91. The second-order valence-corrected chi connectivity index (χ2v) is 8.17. The molecule has 1 aliphatic heterocycles. The van der Waals surface area contributed by atoms with Gasteiger partial charge in [0.05, 0.1) is 4.90 Å². The SMILES string of the molecule is Cc1c(N)cccc1S(=O)(=O)N1CCc2sccc2C1C. The monoisotopic (exact) mass is 322 g/mol. The minimum Gasteiger partial charge on any atom is -0.398 e. The Kier molecular flexibility index (Phi) is 3.55. The smallest absolute Gasteiger partial charge is 0.243 e. The fourth-order valence-electron chi connectivity index (χ4n) is 2.85. The molecule has 21 heavy (non-hydrogen) atoms. The van der Waals surface area contributed by atoms with Crippen LogP contribution in [0.2, 0.25) is 0 Å². The van der Waals surface area contributed by atoms with Crippen LogP contribution in [0, 0.1) is 6.92 Å². The maximum atomic E-state index is 13.0. The first-order chi connectivity index (χ1) is 9.93. The van der Waals surface area contributed by atoms with Gasteiger partial charge in [0.1, 0.15) is 0 Å². The first-order valence-electron chi connectivity index (χ1n) is 6.86. The fourth-order valence-corrected chi connectivity index (χ4v) is 5.68. The summed E-state index contributed by atoms with van der Waals surface area (Å²) >= 11 is 1.70. The highest BCUT2D eigenvalue weighted by Crippen LogP contribution is 2.37. The van der Waals surface area contributed by atoms with Gasteiger partial charge in [-0.2, -0.15) is 4.31 Å². The fraction of sp³-hybridized carbons (Fsp3) is 0.333. The van der Waals surface area contributed by atoms with Crippen molar-refractivity contribution in [3.05, 3.63) is 45.6 Å². The van der Waals surface area contributed by atoms with Gasteiger partial charge in [-0.15, -0.1) is 11.3 Å². The summed E-state index contributed by atoms with van der Waals surface area (Å²) in [5, 5.41) is 2.03. The van der Waals surface area contributed by atoms with E-state index in [1.807, 2.05) is 18.4 Å². The van der Waals surface area contributed by atoms with E-state index in [2.05, 4.69) is 0 Å². The Labute approximate surface area is 129 Å². The van der Waals surface area contributed by atoms with Crippen molar-refractivity contribution in [1.29, 1.82) is 0 Å². The molecule has 1 atom stereocenters. The summed E-state index contributed by atoms with van der Waals surface area (Å²) in [6, 6.07) is 6.95. The molecule has 0 fully saturated rings. The summed E-state index contributed by atoms with van der Waals surface area (Å²) in [5.41, 5.74) is 8.12. The number of nitrogens with zero attached hydrogens (tertiary/aromatic N) is 1. The van der Waals surface area contributed by atoms with Gasteiger partial charge in [-0.25, -0.2) is 8.42 Å². The zero-order valence-electron chi connectivity index (χ0n) is 12.0. The normalized spacial score (nSPS) is 19.4. The first kappa shape index (κ1) is 14.6. The van der Waals surface area contributed by atoms with E-state index in [1.54, 1.807) is 40.8 Å². The molecule has 1 unspecified atom stereocenters. The Bertz CT molecular complexity index is 781. The third-order valence-corrected chi connectivity index (χ3v) is 7.24. The van der Waals surface area contributed by atoms with Crippen LogP contribution in [0.25, 0.3) is 0 Å². The summed E-state index contributed by atoms with van der Waals surface area (Å²) < 4.78 is 27.5. The molecule has 1 aromatic heterocycles. The van der Waals surface area contributed by atoms with Gasteiger partial charge in [-0.3, -0.25) is 0 Å². The van der Waals surface area contributed by atoms with Crippen LogP contribution in [0.1, 0.15) is 29.0 Å². The summed E-state index contributed by atoms with van der Waals surface area (Å²) in [6.07, 6.45) is 0.776. The molecule has 112 valence electrons. The average molecular weight is 322 g/mol. The van der Waals surface area contributed by atoms with E-state index in [4.69, 9.17) is 5.73 Å². The lowest BCUT2D eigenvalue weighted by Crippen LogP contribution is -2.38. The Hall–Kier alpha value is -1.37. The first-order valence-corrected chi connectivity index (χ1v) is 9.18. The van der Waals surface area contributed by atoms with Crippen LogP contribution in [0.5, 0.6) is 0 Å². The standard InChI is InChI=1S/C15H18N2O2S2/c1-10-13(16)4-3-5-15(10)21(18,19)17-8-6-14-12(11(17)2)7-9-20-14/h3-5,7,9,11H,6,8,16H2,1-2H3. The van der Waals surface area contributed by atoms with E-state index in [1.165, 1.54) is 4.88 Å². The number of benzene rings is 1. The summed E-state index contributed by atoms with van der Waals surface area (Å²) in [5.74, 6) is 0. The lowest BCUT2D eigenvalue weighted by Gasteiger charge is -2.33. The molecule has 0 saturated carbocycles. The maximum absolute atomic E-state index is 13.0. The zero-order chi connectivity index (χ0) is 15.2. The van der Waals surface area contributed by atoms with Crippen molar-refractivity contribution in [2.45, 2.75) is 31.2 Å². The van der Waals surface area contributed by atoms with Crippen molar-refractivity contribution < 1.29 is 8.42 Å². The molecule has 0 bridgehead atoms. The van der Waals surface area contributed by atoms with Crippen LogP contribution in [0.4, 0.5) is 5.69 Å². The molecule has 1 aliphatic rings. The van der Waals surface area contributed by atoms with E-state index in [0.29, 0.717) is 22.7 Å². The van der Waals surface area contributed by atoms with E-state index < -0.39 is 10.0 Å². The Morgan fingerprint density at radius 2 is 2.10 bits per heavy atom. The molecular formula is C15H18N2O2S2. The molecule has 2 N–H and O–H groups in total. The summed E-state index contributed by atoms with van der Waals surface area (Å²) in [7, 11) is -3.53. The number of thiophene rings is 1. The number of sulfonamides is 1. The predicted octanol–water partition coefficient (Wildman–Crippen LogP) is 2.95. The minimum absolute atomic E-state index is 0.133. The third kappa shape index (κ3) is 2.27. The van der Waals surface area contributed by atoms with Crippen molar-refractivity contribution in [1.82, 2.24) is 4.31 Å². The van der Waals surface area contributed by atoms with Gasteiger partial charge in [0.2, 0.25) is 10.0 Å². The third-order valence-electron chi connectivity index (χ3n) is 4.13. The Morgan fingerprint density at radius 1 is 1.33 bits per heavy atom. The number of rotatable bonds is 2. The van der Waals surface area contributed by atoms with Gasteiger partial charge in [0.25, 0.3) is 0 Å². The van der Waals surface area contributed by atoms with Crippen molar-refractivity contribution >= 4 is 27.0 Å². The van der Waals surface area contributed by atoms with Crippen LogP contribution in [-0.4, -0.2) is 19.3 Å². The molecule has 6 heteroatoms. The van der Waals surface area contributed by atoms with E-state index >= 15 is 0 Å². The number of nitrogen functional groups attached to an aromatic ring is 1. The maximum Gasteiger partial charge on any atom is 0.243 e. The van der Waals surface area contributed by atoms with Gasteiger partial charge in [0, 0.05) is 23.2 Å². The number of fused-ring (bicyclic) bond motifs is 1. The highest BCUT2D eigenvalue weighted by atomic mass is 32.2. The highest BCUT2D eigenvalue weighted by molar-refractivity contribution is 7.89. The van der Waals surface area contributed by atoms with Gasteiger partial charge in [0.15, 0.2) is 0 Å². The number of anilines is 1. The molecule has 0 spiro atoms. The van der Waals surface area contributed by atoms with Crippen LogP contribution in [0.3, 0.4) is 0 Å². The van der Waals surface area contributed by atoms with E-state index in [9.17, 15) is 8.42 Å². The summed E-state index contributed by atoms with van der Waals surface area (Å²) in [4.78, 5) is 1.60. The van der Waals surface area contributed by atoms with E-state index in [-0.39, 0.29) is 6.04 Å². The van der Waals surface area contributed by atoms with Crippen molar-refractivity contribution in [3.63, 3.8) is 0 Å². The van der Waals surface area contributed by atoms with Crippen molar-refractivity contribution in [2.24, 2.45) is 0 Å². The second-order valence-electron chi connectivity index (χ2n) is 5.31. The van der Waals surface area contributed by atoms with Crippen LogP contribution in [-0.2, 0) is 16.4 Å². The van der Waals surface area contributed by atoms with Crippen LogP contribution < -0.4 is 5.73 Å². The molecule has 3 rings (SSSR count). The topological polar surface area (TPSA) is 63.4 Å². The van der Waals surface area contributed by atoms with E-state index in [0.717, 1.165) is 12.0 Å². The molecule has 0 saturated heterocycles. The van der Waals surface area contributed by atoms with Crippen LogP contribution >= 0.6 is 11.3 Å². The van der Waals surface area contributed by atoms with Crippen LogP contribution in [0.15, 0.2) is 34.5 Å². The van der Waals surface area contributed by atoms with Gasteiger partial charge < -0.3 is 5.73 Å². The summed E-state index contributed by atoms with van der Waals surface area (Å²) in [6.45, 7) is 4.22. The second kappa shape index (κ2) is 5.12. The molecule has 0 radical (unpaired) electrons. The van der Waals surface area contributed by atoms with Gasteiger partial charge >= 0.3 is 0 Å². The molecule has 2 heterocycles. The number of hydrogen-bond acceptors (Lipinski definition) is 4. The molecule has 1 aromatic carbocycles. The lowest BCUT2D eigenvalue weighted by molar-refractivity contribution is 0.329. The lowest BCUT2D eigenvalue weighted by atomic mass is 10.0. The molecule has 2 aromatic rings. The predicted molar refractivity (Wildman–Crippen MR) is 85.9 cm³/mol. The van der Waals surface area contributed by atoms with Crippen molar-refractivity contribution in [2.75, 3.05) is 12.3 Å². The quantitative estimate of drug-likeness (QED) is 0.865. The van der Waals surface area contributed by atoms with Gasteiger partial charge in [-0.05, 0) is 55.0 Å². The molecule has 4 nitrogen and oxygen atoms in total. The zero-order valence-corrected chi connectivity index (χ0v) is 13.7. The molecule has 0 amide bonds.